The third kappa shape index (κ3) is 5.47. The molecule has 12 heteroatoms. The van der Waals surface area contributed by atoms with Crippen LogP contribution in [0, 0.1) is 5.41 Å². The molecule has 8 rings (SSSR count). The van der Waals surface area contributed by atoms with Crippen molar-refractivity contribution in [3.8, 4) is 22.6 Å². The summed E-state index contributed by atoms with van der Waals surface area (Å²) in [5, 5.41) is 3.72. The number of ether oxygens (including phenoxy) is 2. The number of hydrogen-bond donors (Lipinski definition) is 1. The molecule has 3 saturated heterocycles. The average Bonchev–Trinajstić information content (AvgIpc) is 3.44. The molecule has 3 fully saturated rings. The Hall–Kier alpha value is -5.23. The number of pyridine rings is 2. The second kappa shape index (κ2) is 12.3. The predicted octanol–water partition coefficient (Wildman–Crippen LogP) is 3.48. The second-order valence-corrected chi connectivity index (χ2v) is 14.2. The number of rotatable bonds is 7. The molecule has 0 atom stereocenters. The molecule has 4 aromatic rings. The van der Waals surface area contributed by atoms with Crippen LogP contribution in [-0.4, -0.2) is 83.5 Å². The van der Waals surface area contributed by atoms with Gasteiger partial charge in [0.05, 0.1) is 25.2 Å². The van der Waals surface area contributed by atoms with Crippen molar-refractivity contribution >= 4 is 34.2 Å². The van der Waals surface area contributed by atoms with Crippen LogP contribution in [0.25, 0.3) is 21.9 Å². The molecule has 6 heterocycles. The number of benzene rings is 2. The Kier molecular flexibility index (Phi) is 7.86. The van der Waals surface area contributed by atoms with E-state index in [0.29, 0.717) is 24.0 Å². The molecule has 12 nitrogen and oxygen atoms in total. The van der Waals surface area contributed by atoms with Gasteiger partial charge in [-0.1, -0.05) is 6.07 Å². The topological polar surface area (TPSA) is 126 Å². The standard InChI is InChI=1S/C38H40N6O6/c1-41-19-30(27-6-9-39-17-29(27)36(41)47)24-12-32(49-2)31(33(13-24)50-3)20-42-10-7-38(8-11-42)21-43(22-38)25-5-4-23-18-44(37(48)28(23)14-25)26-15-34(45)40-35(46)16-26/h4-6,9,12-14,17,19,26H,7-8,10-11,15-16,18,20-22H2,1-3H3,(H,40,45,46). The van der Waals surface area contributed by atoms with Crippen LogP contribution in [0.2, 0.25) is 0 Å². The Morgan fingerprint density at radius 3 is 2.28 bits per heavy atom. The maximum Gasteiger partial charge on any atom is 0.259 e. The minimum absolute atomic E-state index is 0.0918. The van der Waals surface area contributed by atoms with E-state index in [4.69, 9.17) is 9.47 Å². The van der Waals surface area contributed by atoms with Gasteiger partial charge in [0.15, 0.2) is 0 Å². The van der Waals surface area contributed by atoms with Crippen molar-refractivity contribution < 1.29 is 23.9 Å². The first-order valence-corrected chi connectivity index (χ1v) is 17.1. The van der Waals surface area contributed by atoms with E-state index < -0.39 is 6.04 Å². The normalized spacial score (nSPS) is 19.1. The number of anilines is 1. The van der Waals surface area contributed by atoms with Crippen LogP contribution in [0.4, 0.5) is 5.69 Å². The summed E-state index contributed by atoms with van der Waals surface area (Å²) in [4.78, 5) is 60.7. The average molecular weight is 677 g/mol. The fourth-order valence-corrected chi connectivity index (χ4v) is 8.29. The summed E-state index contributed by atoms with van der Waals surface area (Å²) >= 11 is 0. The molecule has 0 saturated carbocycles. The number of piperidine rings is 2. The Morgan fingerprint density at radius 1 is 0.900 bits per heavy atom. The Bertz CT molecular complexity index is 2070. The molecule has 50 heavy (non-hydrogen) atoms. The Labute approximate surface area is 289 Å². The van der Waals surface area contributed by atoms with Gasteiger partial charge < -0.3 is 23.8 Å². The summed E-state index contributed by atoms with van der Waals surface area (Å²) in [6.07, 6.45) is 7.61. The van der Waals surface area contributed by atoms with Crippen LogP contribution < -0.4 is 25.2 Å². The van der Waals surface area contributed by atoms with Crippen LogP contribution in [0.3, 0.4) is 0 Å². The van der Waals surface area contributed by atoms with Crippen molar-refractivity contribution in [1.82, 2.24) is 24.7 Å². The summed E-state index contributed by atoms with van der Waals surface area (Å²) in [7, 11) is 5.11. The second-order valence-electron chi connectivity index (χ2n) is 14.2. The number of fused-ring (bicyclic) bond motifs is 2. The number of carbonyl (C=O) groups excluding carboxylic acids is 3. The van der Waals surface area contributed by atoms with Crippen LogP contribution in [0.1, 0.15) is 47.2 Å². The quantitative estimate of drug-likeness (QED) is 0.293. The van der Waals surface area contributed by atoms with Gasteiger partial charge in [-0.15, -0.1) is 0 Å². The lowest BCUT2D eigenvalue weighted by atomic mass is 9.71. The van der Waals surface area contributed by atoms with Gasteiger partial charge in [0.25, 0.3) is 11.5 Å². The maximum absolute atomic E-state index is 13.4. The van der Waals surface area contributed by atoms with Gasteiger partial charge in [-0.05, 0) is 72.8 Å². The van der Waals surface area contributed by atoms with E-state index in [0.717, 1.165) is 83.8 Å². The van der Waals surface area contributed by atoms with Crippen molar-refractivity contribution in [3.63, 3.8) is 0 Å². The van der Waals surface area contributed by atoms with Crippen molar-refractivity contribution in [2.75, 3.05) is 45.3 Å². The fraction of sp³-hybridized carbons (Fsp3) is 0.395. The molecule has 4 aliphatic rings. The van der Waals surface area contributed by atoms with E-state index in [-0.39, 0.29) is 41.5 Å². The lowest BCUT2D eigenvalue weighted by Crippen LogP contribution is -2.60. The van der Waals surface area contributed by atoms with E-state index in [1.807, 2.05) is 36.5 Å². The first-order chi connectivity index (χ1) is 24.1. The smallest absolute Gasteiger partial charge is 0.259 e. The molecule has 0 unspecified atom stereocenters. The fourth-order valence-electron chi connectivity index (χ4n) is 8.29. The van der Waals surface area contributed by atoms with E-state index in [1.165, 1.54) is 0 Å². The van der Waals surface area contributed by atoms with Gasteiger partial charge in [-0.2, -0.15) is 0 Å². The number of likely N-dealkylation sites (tertiary alicyclic amines) is 1. The van der Waals surface area contributed by atoms with E-state index >= 15 is 0 Å². The largest absolute Gasteiger partial charge is 0.496 e. The number of nitrogens with zero attached hydrogens (tertiary/aromatic N) is 5. The lowest BCUT2D eigenvalue weighted by molar-refractivity contribution is -0.135. The van der Waals surface area contributed by atoms with Crippen LogP contribution in [0.15, 0.2) is 59.8 Å². The van der Waals surface area contributed by atoms with Gasteiger partial charge in [0, 0.05) is 92.9 Å². The van der Waals surface area contributed by atoms with Crippen molar-refractivity contribution in [1.29, 1.82) is 0 Å². The zero-order valence-corrected chi connectivity index (χ0v) is 28.5. The summed E-state index contributed by atoms with van der Waals surface area (Å²) in [6.45, 7) is 4.91. The molecule has 0 radical (unpaired) electrons. The van der Waals surface area contributed by atoms with E-state index in [2.05, 4.69) is 26.2 Å². The molecular weight excluding hydrogens is 636 g/mol. The number of amides is 3. The van der Waals surface area contributed by atoms with Gasteiger partial charge in [-0.3, -0.25) is 34.4 Å². The zero-order chi connectivity index (χ0) is 34.7. The first kappa shape index (κ1) is 32.0. The summed E-state index contributed by atoms with van der Waals surface area (Å²) in [5.41, 5.74) is 5.61. The third-order valence-corrected chi connectivity index (χ3v) is 11.1. The molecule has 4 aliphatic heterocycles. The number of nitrogens with one attached hydrogen (secondary N) is 1. The highest BCUT2D eigenvalue weighted by molar-refractivity contribution is 6.02. The minimum atomic E-state index is -0.395. The van der Waals surface area contributed by atoms with Gasteiger partial charge in [0.1, 0.15) is 11.5 Å². The van der Waals surface area contributed by atoms with Crippen LogP contribution in [0.5, 0.6) is 11.5 Å². The molecule has 0 aliphatic carbocycles. The van der Waals surface area contributed by atoms with Crippen molar-refractivity contribution in [2.45, 2.75) is 44.8 Å². The first-order valence-electron chi connectivity index (χ1n) is 17.1. The van der Waals surface area contributed by atoms with Gasteiger partial charge >= 0.3 is 0 Å². The highest BCUT2D eigenvalue weighted by Crippen LogP contribution is 2.45. The summed E-state index contributed by atoms with van der Waals surface area (Å²) < 4.78 is 13.4. The predicted molar refractivity (Wildman–Crippen MR) is 187 cm³/mol. The van der Waals surface area contributed by atoms with Crippen LogP contribution in [-0.2, 0) is 29.7 Å². The zero-order valence-electron chi connectivity index (χ0n) is 28.5. The Morgan fingerprint density at radius 2 is 1.60 bits per heavy atom. The number of hydrogen-bond acceptors (Lipinski definition) is 9. The number of methoxy groups -OCH3 is 2. The molecule has 1 spiro atoms. The van der Waals surface area contributed by atoms with Gasteiger partial charge in [0.2, 0.25) is 11.8 Å². The summed E-state index contributed by atoms with van der Waals surface area (Å²) in [6, 6.07) is 11.6. The van der Waals surface area contributed by atoms with E-state index in [9.17, 15) is 19.2 Å². The van der Waals surface area contributed by atoms with Crippen molar-refractivity contribution in [2.24, 2.45) is 12.5 Å². The Balaban J connectivity index is 0.931. The number of imide groups is 1. The van der Waals surface area contributed by atoms with E-state index in [1.54, 1.807) is 43.1 Å². The molecule has 2 aromatic heterocycles. The SMILES string of the molecule is COc1cc(-c2cn(C)c(=O)c3cnccc23)cc(OC)c1CN1CCC2(CC1)CN(c1ccc3c(c1)C(=O)N(C1CC(=O)NC(=O)C1)C3)C2. The third-order valence-electron chi connectivity index (χ3n) is 11.1. The lowest BCUT2D eigenvalue weighted by Gasteiger charge is -2.55. The number of aromatic nitrogens is 2. The molecule has 2 aromatic carbocycles. The molecular formula is C38H40N6O6. The monoisotopic (exact) mass is 676 g/mol. The van der Waals surface area contributed by atoms with Gasteiger partial charge in [-0.25, -0.2) is 0 Å². The molecule has 258 valence electrons. The minimum Gasteiger partial charge on any atom is -0.496 e. The molecule has 3 amide bonds. The molecule has 0 bridgehead atoms. The number of aryl methyl sites for hydroxylation is 1. The highest BCUT2D eigenvalue weighted by Gasteiger charge is 2.45. The van der Waals surface area contributed by atoms with Crippen molar-refractivity contribution in [3.05, 3.63) is 82.0 Å². The van der Waals surface area contributed by atoms with Crippen LogP contribution >= 0.6 is 0 Å². The number of carbonyl (C=O) groups is 3. The molecule has 1 N–H and O–H groups in total. The maximum atomic E-state index is 13.4. The highest BCUT2D eigenvalue weighted by atomic mass is 16.5. The summed E-state index contributed by atoms with van der Waals surface area (Å²) in [5.74, 6) is 0.738.